The highest BCUT2D eigenvalue weighted by molar-refractivity contribution is 5.87. The van der Waals surface area contributed by atoms with Gasteiger partial charge in [0.15, 0.2) is 17.4 Å². The molecule has 1 aliphatic carbocycles. The van der Waals surface area contributed by atoms with Gasteiger partial charge in [-0.2, -0.15) is 0 Å². The summed E-state index contributed by atoms with van der Waals surface area (Å²) < 4.78 is 32.9. The summed E-state index contributed by atoms with van der Waals surface area (Å²) in [6.07, 6.45) is 3.00. The Morgan fingerprint density at radius 3 is 2.38 bits per heavy atom. The van der Waals surface area contributed by atoms with Gasteiger partial charge in [-0.05, 0) is 54.7 Å². The lowest BCUT2D eigenvalue weighted by Crippen LogP contribution is -2.01. The zero-order valence-electron chi connectivity index (χ0n) is 11.0. The maximum atomic E-state index is 13.8. The van der Waals surface area contributed by atoms with Crippen molar-refractivity contribution in [1.82, 2.24) is 0 Å². The van der Waals surface area contributed by atoms with Crippen LogP contribution in [0.15, 0.2) is 30.3 Å². The molecule has 0 unspecified atom stereocenters. The van der Waals surface area contributed by atoms with Gasteiger partial charge in [-0.15, -0.1) is 0 Å². The molecule has 21 heavy (non-hydrogen) atoms. The average molecular weight is 290 g/mol. The molecule has 2 aromatic rings. The van der Waals surface area contributed by atoms with Gasteiger partial charge in [0, 0.05) is 0 Å². The van der Waals surface area contributed by atoms with Crippen LogP contribution < -0.4 is 4.74 Å². The summed E-state index contributed by atoms with van der Waals surface area (Å²) in [4.78, 5) is 10.7. The summed E-state index contributed by atoms with van der Waals surface area (Å²) >= 11 is 0. The SMILES string of the molecule is O=C(O)c1cc(F)c(Oc2ccc3c(c2)CCC3)c(F)c1. The van der Waals surface area contributed by atoms with Gasteiger partial charge in [-0.25, -0.2) is 13.6 Å². The molecule has 0 saturated carbocycles. The van der Waals surface area contributed by atoms with Crippen molar-refractivity contribution in [2.24, 2.45) is 0 Å². The molecule has 2 aromatic carbocycles. The van der Waals surface area contributed by atoms with E-state index < -0.39 is 28.9 Å². The van der Waals surface area contributed by atoms with E-state index in [2.05, 4.69) is 0 Å². The van der Waals surface area contributed by atoms with Crippen LogP contribution >= 0.6 is 0 Å². The molecule has 3 nitrogen and oxygen atoms in total. The van der Waals surface area contributed by atoms with E-state index in [0.717, 1.165) is 37.0 Å². The third-order valence-corrected chi connectivity index (χ3v) is 3.54. The van der Waals surface area contributed by atoms with Gasteiger partial charge < -0.3 is 9.84 Å². The van der Waals surface area contributed by atoms with Crippen molar-refractivity contribution in [2.45, 2.75) is 19.3 Å². The number of hydrogen-bond acceptors (Lipinski definition) is 2. The first-order valence-corrected chi connectivity index (χ1v) is 6.56. The van der Waals surface area contributed by atoms with Crippen LogP contribution in [-0.4, -0.2) is 11.1 Å². The molecule has 0 aromatic heterocycles. The maximum absolute atomic E-state index is 13.8. The average Bonchev–Trinajstić information content (AvgIpc) is 2.90. The third kappa shape index (κ3) is 2.59. The summed E-state index contributed by atoms with van der Waals surface area (Å²) in [7, 11) is 0. The molecule has 0 spiro atoms. The predicted molar refractivity (Wildman–Crippen MR) is 71.9 cm³/mol. The summed E-state index contributed by atoms with van der Waals surface area (Å²) in [5, 5.41) is 8.75. The van der Waals surface area contributed by atoms with Gasteiger partial charge in [0.05, 0.1) is 5.56 Å². The van der Waals surface area contributed by atoms with Crippen LogP contribution in [0.1, 0.15) is 27.9 Å². The highest BCUT2D eigenvalue weighted by atomic mass is 19.1. The fraction of sp³-hybridized carbons (Fsp3) is 0.188. The normalized spacial score (nSPS) is 13.0. The number of rotatable bonds is 3. The molecule has 1 aliphatic rings. The van der Waals surface area contributed by atoms with E-state index in [9.17, 15) is 13.6 Å². The number of carboxylic acid groups (broad SMARTS) is 1. The molecule has 3 rings (SSSR count). The number of aromatic carboxylic acids is 1. The molecular weight excluding hydrogens is 278 g/mol. The first-order chi connectivity index (χ1) is 10.0. The Balaban J connectivity index is 1.93. The molecular formula is C16H12F2O3. The third-order valence-electron chi connectivity index (χ3n) is 3.54. The van der Waals surface area contributed by atoms with Crippen molar-refractivity contribution in [3.05, 3.63) is 58.7 Å². The summed E-state index contributed by atoms with van der Waals surface area (Å²) in [5.74, 6) is -3.70. The van der Waals surface area contributed by atoms with E-state index in [0.29, 0.717) is 5.75 Å². The lowest BCUT2D eigenvalue weighted by atomic mass is 10.1. The minimum absolute atomic E-state index is 0.344. The van der Waals surface area contributed by atoms with Crippen molar-refractivity contribution in [3.63, 3.8) is 0 Å². The molecule has 0 atom stereocenters. The molecule has 108 valence electrons. The van der Waals surface area contributed by atoms with E-state index in [1.54, 1.807) is 12.1 Å². The minimum Gasteiger partial charge on any atom is -0.478 e. The highest BCUT2D eigenvalue weighted by Gasteiger charge is 2.18. The van der Waals surface area contributed by atoms with Crippen molar-refractivity contribution < 1.29 is 23.4 Å². The Morgan fingerprint density at radius 2 is 1.71 bits per heavy atom. The van der Waals surface area contributed by atoms with Crippen LogP contribution in [-0.2, 0) is 12.8 Å². The Kier molecular flexibility index (Phi) is 3.33. The monoisotopic (exact) mass is 290 g/mol. The second-order valence-corrected chi connectivity index (χ2v) is 4.96. The molecule has 5 heteroatoms. The zero-order valence-corrected chi connectivity index (χ0v) is 11.0. The molecule has 0 amide bonds. The number of fused-ring (bicyclic) bond motifs is 1. The van der Waals surface area contributed by atoms with Crippen molar-refractivity contribution in [3.8, 4) is 11.5 Å². The lowest BCUT2D eigenvalue weighted by molar-refractivity contribution is 0.0695. The minimum atomic E-state index is -1.39. The number of carbonyl (C=O) groups is 1. The van der Waals surface area contributed by atoms with Crippen LogP contribution in [0.25, 0.3) is 0 Å². The molecule has 0 saturated heterocycles. The van der Waals surface area contributed by atoms with Gasteiger partial charge in [-0.3, -0.25) is 0 Å². The van der Waals surface area contributed by atoms with E-state index in [-0.39, 0.29) is 0 Å². The molecule has 0 aliphatic heterocycles. The van der Waals surface area contributed by atoms with Crippen molar-refractivity contribution >= 4 is 5.97 Å². The van der Waals surface area contributed by atoms with Crippen LogP contribution in [0.5, 0.6) is 11.5 Å². The molecule has 0 fully saturated rings. The quantitative estimate of drug-likeness (QED) is 0.931. The number of aryl methyl sites for hydroxylation is 2. The number of carboxylic acids is 1. The predicted octanol–water partition coefficient (Wildman–Crippen LogP) is 3.94. The topological polar surface area (TPSA) is 46.5 Å². The molecule has 0 radical (unpaired) electrons. The fourth-order valence-electron chi connectivity index (χ4n) is 2.51. The van der Waals surface area contributed by atoms with Crippen LogP contribution in [0.2, 0.25) is 0 Å². The largest absolute Gasteiger partial charge is 0.478 e. The van der Waals surface area contributed by atoms with E-state index >= 15 is 0 Å². The Bertz CT molecular complexity index is 702. The first kappa shape index (κ1) is 13.5. The number of hydrogen-bond donors (Lipinski definition) is 1. The number of halogens is 2. The van der Waals surface area contributed by atoms with Crippen molar-refractivity contribution in [2.75, 3.05) is 0 Å². The standard InChI is InChI=1S/C16H12F2O3/c17-13-7-11(16(19)20)8-14(18)15(13)21-12-5-4-9-2-1-3-10(9)6-12/h4-8H,1-3H2,(H,19,20). The van der Waals surface area contributed by atoms with Crippen LogP contribution in [0.3, 0.4) is 0 Å². The summed E-state index contributed by atoms with van der Waals surface area (Å²) in [6.45, 7) is 0. The zero-order chi connectivity index (χ0) is 15.0. The van der Waals surface area contributed by atoms with Gasteiger partial charge >= 0.3 is 5.97 Å². The number of ether oxygens (including phenoxy) is 1. The van der Waals surface area contributed by atoms with E-state index in [1.165, 1.54) is 5.56 Å². The van der Waals surface area contributed by atoms with Gasteiger partial charge in [-0.1, -0.05) is 6.07 Å². The highest BCUT2D eigenvalue weighted by Crippen LogP contribution is 2.32. The first-order valence-electron chi connectivity index (χ1n) is 6.56. The second kappa shape index (κ2) is 5.16. The van der Waals surface area contributed by atoms with E-state index in [1.807, 2.05) is 6.07 Å². The molecule has 1 N–H and O–H groups in total. The van der Waals surface area contributed by atoms with Gasteiger partial charge in [0.2, 0.25) is 0 Å². The van der Waals surface area contributed by atoms with Gasteiger partial charge in [0.25, 0.3) is 0 Å². The van der Waals surface area contributed by atoms with E-state index in [4.69, 9.17) is 9.84 Å². The Morgan fingerprint density at radius 1 is 1.05 bits per heavy atom. The second-order valence-electron chi connectivity index (χ2n) is 4.96. The maximum Gasteiger partial charge on any atom is 0.335 e. The van der Waals surface area contributed by atoms with Crippen LogP contribution in [0.4, 0.5) is 8.78 Å². The fourth-order valence-corrected chi connectivity index (χ4v) is 2.51. The molecule has 0 bridgehead atoms. The molecule has 0 heterocycles. The number of benzene rings is 2. The summed E-state index contributed by atoms with van der Waals surface area (Å²) in [6, 6.07) is 6.81. The lowest BCUT2D eigenvalue weighted by Gasteiger charge is -2.10. The smallest absolute Gasteiger partial charge is 0.335 e. The van der Waals surface area contributed by atoms with Crippen LogP contribution in [0, 0.1) is 11.6 Å². The summed E-state index contributed by atoms with van der Waals surface area (Å²) in [5.41, 5.74) is 1.89. The van der Waals surface area contributed by atoms with Gasteiger partial charge in [0.1, 0.15) is 5.75 Å². The Labute approximate surface area is 119 Å². The Hall–Kier alpha value is -2.43. The van der Waals surface area contributed by atoms with Crippen molar-refractivity contribution in [1.29, 1.82) is 0 Å².